The molecule has 1 aromatic rings. The molecule has 0 heterocycles. The Bertz CT molecular complexity index is 502. The third kappa shape index (κ3) is 2.89. The van der Waals surface area contributed by atoms with Gasteiger partial charge in [0.05, 0.1) is 11.3 Å². The van der Waals surface area contributed by atoms with Gasteiger partial charge in [-0.1, -0.05) is 12.8 Å². The molecule has 2 fully saturated rings. The van der Waals surface area contributed by atoms with Crippen molar-refractivity contribution in [3.8, 4) is 6.07 Å². The van der Waals surface area contributed by atoms with Crippen LogP contribution in [0.1, 0.15) is 44.1 Å². The molecule has 100 valence electrons. The van der Waals surface area contributed by atoms with Crippen LogP contribution in [0.25, 0.3) is 0 Å². The van der Waals surface area contributed by atoms with E-state index in [4.69, 9.17) is 5.26 Å². The zero-order valence-electron chi connectivity index (χ0n) is 11.0. The number of nitrogens with one attached hydrogen (secondary N) is 1. The highest BCUT2D eigenvalue weighted by Gasteiger charge is 2.34. The van der Waals surface area contributed by atoms with E-state index in [1.807, 2.05) is 0 Å². The van der Waals surface area contributed by atoms with Crippen LogP contribution < -0.4 is 5.32 Å². The summed E-state index contributed by atoms with van der Waals surface area (Å²) in [4.78, 5) is 0. The van der Waals surface area contributed by atoms with Crippen molar-refractivity contribution in [2.75, 3.05) is 5.32 Å². The Morgan fingerprint density at radius 2 is 2.00 bits per heavy atom. The number of benzene rings is 1. The predicted octanol–water partition coefficient (Wildman–Crippen LogP) is 4.08. The monoisotopic (exact) mass is 258 g/mol. The molecule has 3 heteroatoms. The maximum Gasteiger partial charge on any atom is 0.124 e. The lowest BCUT2D eigenvalue weighted by Gasteiger charge is -2.30. The SMILES string of the molecule is N#Cc1cc(F)ccc1NC1CCCC(C2CC2)C1. The van der Waals surface area contributed by atoms with Crippen LogP contribution in [0.15, 0.2) is 18.2 Å². The predicted molar refractivity (Wildman–Crippen MR) is 73.2 cm³/mol. The zero-order valence-corrected chi connectivity index (χ0v) is 11.0. The van der Waals surface area contributed by atoms with Crippen LogP contribution in [-0.2, 0) is 0 Å². The molecule has 0 amide bonds. The van der Waals surface area contributed by atoms with Crippen molar-refractivity contribution in [3.05, 3.63) is 29.6 Å². The second-order valence-electron chi connectivity index (χ2n) is 5.91. The number of halogens is 1. The first-order valence-corrected chi connectivity index (χ1v) is 7.22. The van der Waals surface area contributed by atoms with Gasteiger partial charge >= 0.3 is 0 Å². The van der Waals surface area contributed by atoms with Crippen molar-refractivity contribution in [3.63, 3.8) is 0 Å². The molecule has 0 saturated heterocycles. The highest BCUT2D eigenvalue weighted by Crippen LogP contribution is 2.44. The molecule has 1 aromatic carbocycles. The minimum Gasteiger partial charge on any atom is -0.381 e. The third-order valence-electron chi connectivity index (χ3n) is 4.47. The van der Waals surface area contributed by atoms with Gasteiger partial charge in [-0.15, -0.1) is 0 Å². The van der Waals surface area contributed by atoms with Crippen LogP contribution in [-0.4, -0.2) is 6.04 Å². The van der Waals surface area contributed by atoms with Gasteiger partial charge < -0.3 is 5.32 Å². The minimum atomic E-state index is -0.346. The first-order valence-electron chi connectivity index (χ1n) is 7.22. The molecule has 2 unspecified atom stereocenters. The molecule has 0 bridgehead atoms. The Morgan fingerprint density at radius 1 is 1.16 bits per heavy atom. The molecule has 2 saturated carbocycles. The fourth-order valence-electron chi connectivity index (χ4n) is 3.31. The van der Waals surface area contributed by atoms with Crippen LogP contribution in [0.4, 0.5) is 10.1 Å². The molecule has 2 atom stereocenters. The molecule has 2 aliphatic carbocycles. The Hall–Kier alpha value is -1.56. The Morgan fingerprint density at radius 3 is 2.74 bits per heavy atom. The number of anilines is 1. The largest absolute Gasteiger partial charge is 0.381 e. The van der Waals surface area contributed by atoms with Gasteiger partial charge in [-0.2, -0.15) is 5.26 Å². The molecular formula is C16H19FN2. The average Bonchev–Trinajstić information content (AvgIpc) is 3.25. The van der Waals surface area contributed by atoms with Crippen molar-refractivity contribution in [1.82, 2.24) is 0 Å². The van der Waals surface area contributed by atoms with Crippen LogP contribution in [0.2, 0.25) is 0 Å². The summed E-state index contributed by atoms with van der Waals surface area (Å²) in [6.45, 7) is 0. The molecule has 2 aliphatic rings. The summed E-state index contributed by atoms with van der Waals surface area (Å²) in [5, 5.41) is 12.5. The summed E-state index contributed by atoms with van der Waals surface area (Å²) in [6.07, 6.45) is 7.78. The van der Waals surface area contributed by atoms with Crippen molar-refractivity contribution in [1.29, 1.82) is 5.26 Å². The standard InChI is InChI=1S/C16H19FN2/c17-14-6-7-16(13(8-14)10-18)19-15-3-1-2-12(9-15)11-4-5-11/h6-8,11-12,15,19H,1-5,9H2. The first kappa shape index (κ1) is 12.5. The maximum absolute atomic E-state index is 13.1. The van der Waals surface area contributed by atoms with E-state index in [1.165, 1.54) is 44.2 Å². The topological polar surface area (TPSA) is 35.8 Å². The zero-order chi connectivity index (χ0) is 13.2. The summed E-state index contributed by atoms with van der Waals surface area (Å²) in [6, 6.07) is 6.93. The third-order valence-corrected chi connectivity index (χ3v) is 4.47. The lowest BCUT2D eigenvalue weighted by atomic mass is 9.82. The van der Waals surface area contributed by atoms with Gasteiger partial charge in [-0.05, 0) is 55.7 Å². The van der Waals surface area contributed by atoms with Gasteiger partial charge in [0.15, 0.2) is 0 Å². The molecule has 0 spiro atoms. The molecule has 0 aromatic heterocycles. The second-order valence-corrected chi connectivity index (χ2v) is 5.91. The number of hydrogen-bond acceptors (Lipinski definition) is 2. The molecule has 3 rings (SSSR count). The molecule has 0 radical (unpaired) electrons. The van der Waals surface area contributed by atoms with Crippen molar-refractivity contribution in [2.24, 2.45) is 11.8 Å². The van der Waals surface area contributed by atoms with Gasteiger partial charge in [-0.3, -0.25) is 0 Å². The van der Waals surface area contributed by atoms with Crippen LogP contribution >= 0.6 is 0 Å². The van der Waals surface area contributed by atoms with Gasteiger partial charge in [0.2, 0.25) is 0 Å². The van der Waals surface area contributed by atoms with E-state index in [9.17, 15) is 4.39 Å². The molecular weight excluding hydrogens is 239 g/mol. The Balaban J connectivity index is 1.68. The molecule has 2 nitrogen and oxygen atoms in total. The minimum absolute atomic E-state index is 0.346. The number of hydrogen-bond donors (Lipinski definition) is 1. The normalized spacial score (nSPS) is 26.7. The summed E-state index contributed by atoms with van der Waals surface area (Å²) in [5.74, 6) is 1.46. The quantitative estimate of drug-likeness (QED) is 0.886. The van der Waals surface area contributed by atoms with E-state index in [0.29, 0.717) is 11.6 Å². The lowest BCUT2D eigenvalue weighted by Crippen LogP contribution is -2.28. The number of nitrogens with zero attached hydrogens (tertiary/aromatic N) is 1. The second kappa shape index (κ2) is 5.21. The van der Waals surface area contributed by atoms with Crippen molar-refractivity contribution >= 4 is 5.69 Å². The Kier molecular flexibility index (Phi) is 3.42. The molecule has 1 N–H and O–H groups in total. The van der Waals surface area contributed by atoms with Crippen LogP contribution in [0, 0.1) is 29.0 Å². The maximum atomic E-state index is 13.1. The summed E-state index contributed by atoms with van der Waals surface area (Å²) >= 11 is 0. The van der Waals surface area contributed by atoms with E-state index < -0.39 is 0 Å². The summed E-state index contributed by atoms with van der Waals surface area (Å²) in [5.41, 5.74) is 1.19. The Labute approximate surface area is 113 Å². The van der Waals surface area contributed by atoms with Gasteiger partial charge in [-0.25, -0.2) is 4.39 Å². The molecule has 19 heavy (non-hydrogen) atoms. The van der Waals surface area contributed by atoms with E-state index in [0.717, 1.165) is 23.9 Å². The van der Waals surface area contributed by atoms with Crippen molar-refractivity contribution in [2.45, 2.75) is 44.6 Å². The van der Waals surface area contributed by atoms with Crippen LogP contribution in [0.5, 0.6) is 0 Å². The van der Waals surface area contributed by atoms with E-state index in [2.05, 4.69) is 11.4 Å². The highest BCUT2D eigenvalue weighted by molar-refractivity contribution is 5.57. The van der Waals surface area contributed by atoms with Crippen LogP contribution in [0.3, 0.4) is 0 Å². The lowest BCUT2D eigenvalue weighted by molar-refractivity contribution is 0.303. The average molecular weight is 258 g/mol. The highest BCUT2D eigenvalue weighted by atomic mass is 19.1. The van der Waals surface area contributed by atoms with E-state index >= 15 is 0 Å². The number of nitriles is 1. The fourth-order valence-corrected chi connectivity index (χ4v) is 3.31. The summed E-state index contributed by atoms with van der Waals surface area (Å²) in [7, 11) is 0. The van der Waals surface area contributed by atoms with Crippen molar-refractivity contribution < 1.29 is 4.39 Å². The van der Waals surface area contributed by atoms with E-state index in [-0.39, 0.29) is 5.82 Å². The first-order chi connectivity index (χ1) is 9.26. The smallest absolute Gasteiger partial charge is 0.124 e. The molecule has 0 aliphatic heterocycles. The number of rotatable bonds is 3. The van der Waals surface area contributed by atoms with Gasteiger partial charge in [0.1, 0.15) is 11.9 Å². The summed E-state index contributed by atoms with van der Waals surface area (Å²) < 4.78 is 13.1. The fraction of sp³-hybridized carbons (Fsp3) is 0.562. The van der Waals surface area contributed by atoms with Gasteiger partial charge in [0, 0.05) is 6.04 Å². The van der Waals surface area contributed by atoms with Gasteiger partial charge in [0.25, 0.3) is 0 Å². The van der Waals surface area contributed by atoms with E-state index in [1.54, 1.807) is 6.07 Å².